The Kier molecular flexibility index (Phi) is 5.06. The van der Waals surface area contributed by atoms with E-state index in [9.17, 15) is 4.39 Å². The van der Waals surface area contributed by atoms with Crippen LogP contribution in [0.2, 0.25) is 0 Å². The number of anilines is 1. The molecule has 142 valence electrons. The Labute approximate surface area is 163 Å². The van der Waals surface area contributed by atoms with E-state index < -0.39 is 0 Å². The fourth-order valence-corrected chi connectivity index (χ4v) is 3.31. The van der Waals surface area contributed by atoms with Crippen LogP contribution in [0.5, 0.6) is 0 Å². The second kappa shape index (κ2) is 7.80. The molecule has 0 aliphatic carbocycles. The number of hydrogen-bond acceptors (Lipinski definition) is 3. The van der Waals surface area contributed by atoms with E-state index in [0.717, 1.165) is 52.2 Å². The highest BCUT2D eigenvalue weighted by Crippen LogP contribution is 2.38. The number of halogens is 1. The molecule has 0 fully saturated rings. The topological polar surface area (TPSA) is 53.6 Å². The molecular formula is C23H23FN4. The van der Waals surface area contributed by atoms with Gasteiger partial charge in [0.15, 0.2) is 0 Å². The maximum Gasteiger partial charge on any atom is 0.140 e. The van der Waals surface area contributed by atoms with E-state index in [1.54, 1.807) is 24.5 Å². The van der Waals surface area contributed by atoms with Crippen molar-refractivity contribution in [2.75, 3.05) is 11.9 Å². The van der Waals surface area contributed by atoms with Crippen LogP contribution in [0.25, 0.3) is 33.4 Å². The summed E-state index contributed by atoms with van der Waals surface area (Å²) in [4.78, 5) is 12.3. The van der Waals surface area contributed by atoms with Crippen LogP contribution in [0.4, 0.5) is 10.2 Å². The Hall–Kier alpha value is -3.21. The van der Waals surface area contributed by atoms with Gasteiger partial charge < -0.3 is 10.3 Å². The lowest BCUT2D eigenvalue weighted by atomic mass is 10.00. The van der Waals surface area contributed by atoms with E-state index in [0.29, 0.717) is 5.92 Å². The van der Waals surface area contributed by atoms with Gasteiger partial charge in [0.1, 0.15) is 17.3 Å². The first kappa shape index (κ1) is 18.2. The maximum absolute atomic E-state index is 13.4. The molecule has 0 aliphatic heterocycles. The van der Waals surface area contributed by atoms with Gasteiger partial charge in [0.2, 0.25) is 0 Å². The zero-order chi connectivity index (χ0) is 19.5. The van der Waals surface area contributed by atoms with Crippen molar-refractivity contribution < 1.29 is 4.39 Å². The highest BCUT2D eigenvalue weighted by Gasteiger charge is 2.16. The lowest BCUT2D eigenvalue weighted by Gasteiger charge is -2.07. The van der Waals surface area contributed by atoms with E-state index in [2.05, 4.69) is 35.2 Å². The van der Waals surface area contributed by atoms with Crippen LogP contribution in [0.3, 0.4) is 0 Å². The Morgan fingerprint density at radius 1 is 0.964 bits per heavy atom. The van der Waals surface area contributed by atoms with Gasteiger partial charge in [-0.2, -0.15) is 0 Å². The molecule has 4 aromatic rings. The molecule has 0 spiro atoms. The summed E-state index contributed by atoms with van der Waals surface area (Å²) >= 11 is 0. The molecule has 3 heterocycles. The zero-order valence-electron chi connectivity index (χ0n) is 16.0. The van der Waals surface area contributed by atoms with Gasteiger partial charge in [0.25, 0.3) is 0 Å². The number of nitrogens with zero attached hydrogens (tertiary/aromatic N) is 2. The number of hydrogen-bond donors (Lipinski definition) is 2. The first-order valence-electron chi connectivity index (χ1n) is 9.55. The molecule has 4 rings (SSSR count). The van der Waals surface area contributed by atoms with Crippen molar-refractivity contribution >= 4 is 16.9 Å². The number of rotatable bonds is 6. The number of nitrogens with one attached hydrogen (secondary N) is 2. The summed E-state index contributed by atoms with van der Waals surface area (Å²) in [5.41, 5.74) is 4.74. The van der Waals surface area contributed by atoms with Crippen LogP contribution in [-0.2, 0) is 0 Å². The SMILES string of the molecule is CC(C)CCNc1ccc2c(-c3ccncc3)c(-c3ccc(F)cc3)[nH]c2n1. The molecule has 0 radical (unpaired) electrons. The van der Waals surface area contributed by atoms with Crippen molar-refractivity contribution in [2.24, 2.45) is 5.92 Å². The van der Waals surface area contributed by atoms with Crippen molar-refractivity contribution in [3.63, 3.8) is 0 Å². The van der Waals surface area contributed by atoms with Crippen LogP contribution in [-0.4, -0.2) is 21.5 Å². The average molecular weight is 374 g/mol. The van der Waals surface area contributed by atoms with Crippen molar-refractivity contribution in [3.05, 3.63) is 66.7 Å². The highest BCUT2D eigenvalue weighted by atomic mass is 19.1. The van der Waals surface area contributed by atoms with E-state index in [-0.39, 0.29) is 5.82 Å². The summed E-state index contributed by atoms with van der Waals surface area (Å²) in [7, 11) is 0. The normalized spacial score (nSPS) is 11.3. The predicted molar refractivity (Wildman–Crippen MR) is 113 cm³/mol. The number of aromatic nitrogens is 3. The standard InChI is InChI=1S/C23H23FN4/c1-15(2)9-14-26-20-8-7-19-21(16-10-12-25-13-11-16)22(28-23(19)27-20)17-3-5-18(24)6-4-17/h3-8,10-13,15H,9,14H2,1-2H3,(H2,26,27,28). The zero-order valence-corrected chi connectivity index (χ0v) is 16.0. The van der Waals surface area contributed by atoms with Gasteiger partial charge in [-0.15, -0.1) is 0 Å². The molecule has 0 saturated heterocycles. The molecule has 1 aromatic carbocycles. The number of H-pyrrole nitrogens is 1. The molecule has 4 nitrogen and oxygen atoms in total. The summed E-state index contributed by atoms with van der Waals surface area (Å²) < 4.78 is 13.4. The van der Waals surface area contributed by atoms with E-state index >= 15 is 0 Å². The van der Waals surface area contributed by atoms with Crippen LogP contribution < -0.4 is 5.32 Å². The fourth-order valence-electron chi connectivity index (χ4n) is 3.31. The second-order valence-corrected chi connectivity index (χ2v) is 7.32. The van der Waals surface area contributed by atoms with Gasteiger partial charge in [-0.1, -0.05) is 13.8 Å². The molecule has 0 atom stereocenters. The second-order valence-electron chi connectivity index (χ2n) is 7.32. The van der Waals surface area contributed by atoms with Crippen molar-refractivity contribution in [1.82, 2.24) is 15.0 Å². The Balaban J connectivity index is 1.81. The molecule has 2 N–H and O–H groups in total. The lowest BCUT2D eigenvalue weighted by molar-refractivity contribution is 0.607. The van der Waals surface area contributed by atoms with Gasteiger partial charge >= 0.3 is 0 Å². The maximum atomic E-state index is 13.4. The minimum absolute atomic E-state index is 0.250. The van der Waals surface area contributed by atoms with Gasteiger partial charge in [0.05, 0.1) is 5.69 Å². The van der Waals surface area contributed by atoms with Gasteiger partial charge in [0, 0.05) is 29.9 Å². The van der Waals surface area contributed by atoms with E-state index in [1.165, 1.54) is 12.1 Å². The first-order valence-corrected chi connectivity index (χ1v) is 9.55. The largest absolute Gasteiger partial charge is 0.370 e. The van der Waals surface area contributed by atoms with Crippen LogP contribution in [0.1, 0.15) is 20.3 Å². The summed E-state index contributed by atoms with van der Waals surface area (Å²) in [5.74, 6) is 1.24. The quantitative estimate of drug-likeness (QED) is 0.442. The number of aromatic amines is 1. The monoisotopic (exact) mass is 374 g/mol. The summed E-state index contributed by atoms with van der Waals surface area (Å²) in [5, 5.41) is 4.42. The molecule has 5 heteroatoms. The molecule has 0 aliphatic rings. The molecule has 28 heavy (non-hydrogen) atoms. The molecule has 0 unspecified atom stereocenters. The van der Waals surface area contributed by atoms with Crippen LogP contribution >= 0.6 is 0 Å². The average Bonchev–Trinajstić information content (AvgIpc) is 3.07. The Morgan fingerprint density at radius 2 is 1.71 bits per heavy atom. The van der Waals surface area contributed by atoms with Crippen molar-refractivity contribution in [3.8, 4) is 22.4 Å². The molecule has 0 bridgehead atoms. The first-order chi connectivity index (χ1) is 13.6. The summed E-state index contributed by atoms with van der Waals surface area (Å²) in [6, 6.07) is 14.6. The Bertz CT molecular complexity index is 1070. The van der Waals surface area contributed by atoms with E-state index in [4.69, 9.17) is 4.98 Å². The smallest absolute Gasteiger partial charge is 0.140 e. The van der Waals surface area contributed by atoms with Gasteiger partial charge in [-0.25, -0.2) is 9.37 Å². The molecule has 3 aromatic heterocycles. The molecule has 0 saturated carbocycles. The minimum atomic E-state index is -0.250. The van der Waals surface area contributed by atoms with Crippen LogP contribution in [0, 0.1) is 11.7 Å². The third-order valence-electron chi connectivity index (χ3n) is 4.79. The van der Waals surface area contributed by atoms with E-state index in [1.807, 2.05) is 18.2 Å². The number of pyridine rings is 2. The summed E-state index contributed by atoms with van der Waals surface area (Å²) in [6.45, 7) is 5.30. The molecular weight excluding hydrogens is 351 g/mol. The third-order valence-corrected chi connectivity index (χ3v) is 4.79. The van der Waals surface area contributed by atoms with Gasteiger partial charge in [-0.05, 0) is 72.0 Å². The fraction of sp³-hybridized carbons (Fsp3) is 0.217. The predicted octanol–water partition coefficient (Wildman–Crippen LogP) is 5.89. The lowest BCUT2D eigenvalue weighted by Crippen LogP contribution is -2.05. The third kappa shape index (κ3) is 3.74. The van der Waals surface area contributed by atoms with Gasteiger partial charge in [-0.3, -0.25) is 4.98 Å². The van der Waals surface area contributed by atoms with Crippen molar-refractivity contribution in [2.45, 2.75) is 20.3 Å². The summed E-state index contributed by atoms with van der Waals surface area (Å²) in [6.07, 6.45) is 4.64. The number of benzene rings is 1. The molecule has 0 amide bonds. The van der Waals surface area contributed by atoms with Crippen molar-refractivity contribution in [1.29, 1.82) is 0 Å². The highest BCUT2D eigenvalue weighted by molar-refractivity contribution is 6.02. The van der Waals surface area contributed by atoms with Crippen LogP contribution in [0.15, 0.2) is 60.9 Å². The Morgan fingerprint density at radius 3 is 2.43 bits per heavy atom. The number of fused-ring (bicyclic) bond motifs is 1. The minimum Gasteiger partial charge on any atom is -0.370 e.